The molecule has 1 atom stereocenters. The molecule has 0 saturated carbocycles. The van der Waals surface area contributed by atoms with E-state index in [2.05, 4.69) is 23.3 Å². The average Bonchev–Trinajstić information content (AvgIpc) is 2.55. The standard InChI is InChI=1S/C17H19N3O/c1-2-19-12-10-16(14-7-4-3-5-8-14)21-17-15(13-18)9-6-11-20-17/h3-9,11,16,19H,2,10,12H2,1H3/t16-/m1/s1. The smallest absolute Gasteiger partial charge is 0.232 e. The van der Waals surface area contributed by atoms with Crippen molar-refractivity contribution in [3.8, 4) is 11.9 Å². The first-order chi connectivity index (χ1) is 10.3. The van der Waals surface area contributed by atoms with Gasteiger partial charge in [-0.15, -0.1) is 0 Å². The van der Waals surface area contributed by atoms with Crippen LogP contribution in [0.2, 0.25) is 0 Å². The lowest BCUT2D eigenvalue weighted by Crippen LogP contribution is -2.19. The molecule has 0 amide bonds. The number of benzene rings is 1. The summed E-state index contributed by atoms with van der Waals surface area (Å²) in [5, 5.41) is 12.4. The summed E-state index contributed by atoms with van der Waals surface area (Å²) < 4.78 is 6.00. The highest BCUT2D eigenvalue weighted by atomic mass is 16.5. The van der Waals surface area contributed by atoms with E-state index in [1.807, 2.05) is 30.3 Å². The SMILES string of the molecule is CCNCC[C@@H](Oc1ncccc1C#N)c1ccccc1. The fourth-order valence-corrected chi connectivity index (χ4v) is 2.08. The van der Waals surface area contributed by atoms with Gasteiger partial charge in [0.25, 0.3) is 0 Å². The minimum Gasteiger partial charge on any atom is -0.468 e. The van der Waals surface area contributed by atoms with E-state index in [0.29, 0.717) is 11.4 Å². The molecule has 4 nitrogen and oxygen atoms in total. The third kappa shape index (κ3) is 4.30. The normalized spacial score (nSPS) is 11.6. The van der Waals surface area contributed by atoms with E-state index >= 15 is 0 Å². The largest absolute Gasteiger partial charge is 0.468 e. The number of aromatic nitrogens is 1. The van der Waals surface area contributed by atoms with Crippen molar-refractivity contribution in [3.05, 3.63) is 59.8 Å². The molecule has 0 aliphatic rings. The summed E-state index contributed by atoms with van der Waals surface area (Å²) in [4.78, 5) is 4.18. The van der Waals surface area contributed by atoms with Crippen LogP contribution in [0, 0.1) is 11.3 Å². The van der Waals surface area contributed by atoms with Crippen LogP contribution in [0.5, 0.6) is 5.88 Å². The Hall–Kier alpha value is -2.38. The van der Waals surface area contributed by atoms with Gasteiger partial charge in [0.15, 0.2) is 0 Å². The van der Waals surface area contributed by atoms with E-state index in [9.17, 15) is 0 Å². The first-order valence-corrected chi connectivity index (χ1v) is 7.12. The summed E-state index contributed by atoms with van der Waals surface area (Å²) in [6.07, 6.45) is 2.34. The molecule has 4 heteroatoms. The lowest BCUT2D eigenvalue weighted by Gasteiger charge is -2.19. The van der Waals surface area contributed by atoms with Crippen molar-refractivity contribution in [1.82, 2.24) is 10.3 Å². The summed E-state index contributed by atoms with van der Waals surface area (Å²) in [6.45, 7) is 3.85. The Balaban J connectivity index is 2.18. The molecule has 0 aliphatic carbocycles. The second-order valence-electron chi connectivity index (χ2n) is 4.63. The lowest BCUT2D eigenvalue weighted by molar-refractivity contribution is 0.185. The molecular weight excluding hydrogens is 262 g/mol. The van der Waals surface area contributed by atoms with Crippen LogP contribution in [-0.2, 0) is 0 Å². The van der Waals surface area contributed by atoms with Gasteiger partial charge in [0.2, 0.25) is 5.88 Å². The monoisotopic (exact) mass is 281 g/mol. The number of hydrogen-bond acceptors (Lipinski definition) is 4. The van der Waals surface area contributed by atoms with Gasteiger partial charge < -0.3 is 10.1 Å². The van der Waals surface area contributed by atoms with Gasteiger partial charge in [0.05, 0.1) is 0 Å². The Morgan fingerprint density at radius 1 is 1.24 bits per heavy atom. The second-order valence-corrected chi connectivity index (χ2v) is 4.63. The van der Waals surface area contributed by atoms with Gasteiger partial charge in [0, 0.05) is 12.6 Å². The van der Waals surface area contributed by atoms with Crippen LogP contribution in [0.4, 0.5) is 0 Å². The Morgan fingerprint density at radius 3 is 2.76 bits per heavy atom. The molecule has 0 aliphatic heterocycles. The summed E-state index contributed by atoms with van der Waals surface area (Å²) in [6, 6.07) is 15.6. The third-order valence-corrected chi connectivity index (χ3v) is 3.15. The number of ether oxygens (including phenoxy) is 1. The van der Waals surface area contributed by atoms with Crippen molar-refractivity contribution in [2.45, 2.75) is 19.4 Å². The van der Waals surface area contributed by atoms with Crippen LogP contribution >= 0.6 is 0 Å². The summed E-state index contributed by atoms with van der Waals surface area (Å²) >= 11 is 0. The van der Waals surface area contributed by atoms with E-state index in [4.69, 9.17) is 10.00 Å². The Labute approximate surface area is 125 Å². The minimum absolute atomic E-state index is 0.118. The highest BCUT2D eigenvalue weighted by molar-refractivity contribution is 5.37. The van der Waals surface area contributed by atoms with Gasteiger partial charge in [-0.3, -0.25) is 0 Å². The molecule has 1 aromatic carbocycles. The topological polar surface area (TPSA) is 57.9 Å². The summed E-state index contributed by atoms with van der Waals surface area (Å²) in [5.74, 6) is 0.394. The van der Waals surface area contributed by atoms with Crippen molar-refractivity contribution in [1.29, 1.82) is 5.26 Å². The molecule has 0 saturated heterocycles. The van der Waals surface area contributed by atoms with Crippen LogP contribution < -0.4 is 10.1 Å². The predicted octanol–water partition coefficient (Wildman–Crippen LogP) is 3.07. The Morgan fingerprint density at radius 2 is 2.05 bits per heavy atom. The van der Waals surface area contributed by atoms with Gasteiger partial charge in [-0.25, -0.2) is 4.98 Å². The molecule has 21 heavy (non-hydrogen) atoms. The molecule has 1 aromatic heterocycles. The molecule has 0 unspecified atom stereocenters. The van der Waals surface area contributed by atoms with E-state index in [0.717, 1.165) is 25.1 Å². The Bertz CT molecular complexity index is 592. The van der Waals surface area contributed by atoms with E-state index in [1.165, 1.54) is 0 Å². The Kier molecular flexibility index (Phi) is 5.74. The molecule has 108 valence electrons. The first kappa shape index (κ1) is 15.0. The third-order valence-electron chi connectivity index (χ3n) is 3.15. The number of nitrogens with one attached hydrogen (secondary N) is 1. The number of nitriles is 1. The maximum Gasteiger partial charge on any atom is 0.232 e. The van der Waals surface area contributed by atoms with Crippen molar-refractivity contribution >= 4 is 0 Å². The first-order valence-electron chi connectivity index (χ1n) is 7.12. The second kappa shape index (κ2) is 8.03. The van der Waals surface area contributed by atoms with Crippen molar-refractivity contribution in [2.24, 2.45) is 0 Å². The maximum absolute atomic E-state index is 9.13. The molecule has 1 N–H and O–H groups in total. The van der Waals surface area contributed by atoms with Crippen molar-refractivity contribution in [2.75, 3.05) is 13.1 Å². The van der Waals surface area contributed by atoms with Crippen LogP contribution in [0.3, 0.4) is 0 Å². The van der Waals surface area contributed by atoms with Crippen LogP contribution in [0.15, 0.2) is 48.7 Å². The highest BCUT2D eigenvalue weighted by Gasteiger charge is 2.15. The fraction of sp³-hybridized carbons (Fsp3) is 0.294. The molecule has 0 spiro atoms. The molecular formula is C17H19N3O. The van der Waals surface area contributed by atoms with Crippen LogP contribution in [0.1, 0.15) is 30.6 Å². The quantitative estimate of drug-likeness (QED) is 0.792. The predicted molar refractivity (Wildman–Crippen MR) is 81.9 cm³/mol. The van der Waals surface area contributed by atoms with Gasteiger partial charge in [0.1, 0.15) is 17.7 Å². The zero-order valence-corrected chi connectivity index (χ0v) is 12.1. The van der Waals surface area contributed by atoms with Gasteiger partial charge >= 0.3 is 0 Å². The number of rotatable bonds is 7. The van der Waals surface area contributed by atoms with Gasteiger partial charge in [-0.1, -0.05) is 37.3 Å². The zero-order valence-electron chi connectivity index (χ0n) is 12.1. The average molecular weight is 281 g/mol. The van der Waals surface area contributed by atoms with Crippen LogP contribution in [0.25, 0.3) is 0 Å². The van der Waals surface area contributed by atoms with Crippen molar-refractivity contribution < 1.29 is 4.74 Å². The molecule has 1 heterocycles. The van der Waals surface area contributed by atoms with E-state index < -0.39 is 0 Å². The molecule has 2 rings (SSSR count). The number of hydrogen-bond donors (Lipinski definition) is 1. The van der Waals surface area contributed by atoms with Crippen LogP contribution in [-0.4, -0.2) is 18.1 Å². The molecule has 0 fully saturated rings. The zero-order chi connectivity index (χ0) is 14.9. The number of pyridine rings is 1. The van der Waals surface area contributed by atoms with Gasteiger partial charge in [-0.2, -0.15) is 5.26 Å². The maximum atomic E-state index is 9.13. The molecule has 0 radical (unpaired) electrons. The molecule has 2 aromatic rings. The highest BCUT2D eigenvalue weighted by Crippen LogP contribution is 2.25. The summed E-state index contributed by atoms with van der Waals surface area (Å²) in [7, 11) is 0. The lowest BCUT2D eigenvalue weighted by atomic mass is 10.1. The van der Waals surface area contributed by atoms with Gasteiger partial charge in [-0.05, 0) is 30.8 Å². The summed E-state index contributed by atoms with van der Waals surface area (Å²) in [5.41, 5.74) is 1.55. The fourth-order valence-electron chi connectivity index (χ4n) is 2.08. The van der Waals surface area contributed by atoms with E-state index in [1.54, 1.807) is 18.3 Å². The van der Waals surface area contributed by atoms with E-state index in [-0.39, 0.29) is 6.10 Å². The minimum atomic E-state index is -0.118. The number of nitrogens with zero attached hydrogens (tertiary/aromatic N) is 2. The molecule has 0 bridgehead atoms. The van der Waals surface area contributed by atoms with Crippen molar-refractivity contribution in [3.63, 3.8) is 0 Å².